The smallest absolute Gasteiger partial charge is 0.287 e. The molecule has 0 saturated heterocycles. The molecule has 32 heavy (non-hydrogen) atoms. The second kappa shape index (κ2) is 10.1. The molecule has 1 N–H and O–H groups in total. The third-order valence-corrected chi connectivity index (χ3v) is 5.88. The first-order valence-electron chi connectivity index (χ1n) is 10.3. The van der Waals surface area contributed by atoms with Crippen molar-refractivity contribution < 1.29 is 9.21 Å². The number of carbonyl (C=O) groups is 1. The average Bonchev–Trinajstić information content (AvgIpc) is 2.69. The van der Waals surface area contributed by atoms with Crippen molar-refractivity contribution in [2.75, 3.05) is 20.6 Å². The van der Waals surface area contributed by atoms with E-state index in [-0.39, 0.29) is 35.1 Å². The van der Waals surface area contributed by atoms with Crippen molar-refractivity contribution in [1.29, 1.82) is 0 Å². The summed E-state index contributed by atoms with van der Waals surface area (Å²) >= 11 is 6.10. The van der Waals surface area contributed by atoms with E-state index in [1.807, 2.05) is 25.9 Å². The van der Waals surface area contributed by atoms with E-state index in [4.69, 9.17) is 16.0 Å². The molecule has 1 heterocycles. The van der Waals surface area contributed by atoms with Crippen LogP contribution in [0.3, 0.4) is 0 Å². The molecule has 0 aliphatic carbocycles. The zero-order valence-corrected chi connectivity index (χ0v) is 20.9. The number of fused-ring (bicyclic) bond motifs is 1. The van der Waals surface area contributed by atoms with Crippen LogP contribution in [-0.2, 0) is 5.41 Å². The number of nitrogens with zero attached hydrogens (tertiary/aromatic N) is 1. The molecule has 0 aliphatic heterocycles. The van der Waals surface area contributed by atoms with Crippen LogP contribution in [0.25, 0.3) is 11.0 Å². The Bertz CT molecular complexity index is 1160. The summed E-state index contributed by atoms with van der Waals surface area (Å²) in [5, 5.41) is 3.75. The Hall–Kier alpha value is -2.34. The normalized spacial score (nSPS) is 12.5. The van der Waals surface area contributed by atoms with Crippen LogP contribution in [0.1, 0.15) is 54.1 Å². The van der Waals surface area contributed by atoms with Crippen LogP contribution in [0.4, 0.5) is 0 Å². The number of nitrogens with one attached hydrogen (secondary N) is 1. The van der Waals surface area contributed by atoms with Crippen LogP contribution in [-0.4, -0.2) is 31.4 Å². The average molecular weight is 477 g/mol. The van der Waals surface area contributed by atoms with Crippen molar-refractivity contribution in [3.8, 4) is 0 Å². The molecule has 0 radical (unpaired) electrons. The minimum absolute atomic E-state index is 0. The number of carbonyl (C=O) groups excluding carboxylic acids is 1. The first kappa shape index (κ1) is 25.9. The Morgan fingerprint density at radius 2 is 1.75 bits per heavy atom. The Morgan fingerprint density at radius 3 is 2.31 bits per heavy atom. The standard InChI is InChI=1S/C25H29ClN2O3.ClH/c1-15-11-22-18(12-19(15)26)21(29)13-23(31-22)24(30)27-14-20(28(5)6)16-7-9-17(10-8-16)25(2,3)4;/h7-13,20H,14H2,1-6H3,(H,27,30);1H. The molecule has 1 amide bonds. The summed E-state index contributed by atoms with van der Waals surface area (Å²) in [5.74, 6) is -0.440. The summed E-state index contributed by atoms with van der Waals surface area (Å²) in [5.41, 5.74) is 3.27. The lowest BCUT2D eigenvalue weighted by atomic mass is 9.86. The molecule has 1 unspecified atom stereocenters. The van der Waals surface area contributed by atoms with E-state index in [0.717, 1.165) is 11.1 Å². The van der Waals surface area contributed by atoms with E-state index in [1.54, 1.807) is 12.1 Å². The van der Waals surface area contributed by atoms with Crippen molar-refractivity contribution in [3.05, 3.63) is 80.2 Å². The maximum absolute atomic E-state index is 12.7. The molecule has 0 fully saturated rings. The Labute approximate surface area is 200 Å². The second-order valence-electron chi connectivity index (χ2n) is 9.13. The van der Waals surface area contributed by atoms with Crippen LogP contribution in [0.5, 0.6) is 0 Å². The number of hydrogen-bond donors (Lipinski definition) is 1. The quantitative estimate of drug-likeness (QED) is 0.527. The zero-order chi connectivity index (χ0) is 22.9. The van der Waals surface area contributed by atoms with Crippen molar-refractivity contribution >= 4 is 40.9 Å². The van der Waals surface area contributed by atoms with Crippen LogP contribution in [0, 0.1) is 6.92 Å². The van der Waals surface area contributed by atoms with E-state index in [0.29, 0.717) is 22.5 Å². The maximum Gasteiger partial charge on any atom is 0.287 e. The third-order valence-electron chi connectivity index (χ3n) is 5.47. The van der Waals surface area contributed by atoms with E-state index < -0.39 is 5.91 Å². The third kappa shape index (κ3) is 5.71. The van der Waals surface area contributed by atoms with E-state index in [9.17, 15) is 9.59 Å². The molecule has 0 saturated carbocycles. The summed E-state index contributed by atoms with van der Waals surface area (Å²) < 4.78 is 5.71. The van der Waals surface area contributed by atoms with E-state index >= 15 is 0 Å². The van der Waals surface area contributed by atoms with Gasteiger partial charge >= 0.3 is 0 Å². The molecule has 172 valence electrons. The second-order valence-corrected chi connectivity index (χ2v) is 9.54. The first-order valence-corrected chi connectivity index (χ1v) is 10.6. The van der Waals surface area contributed by atoms with E-state index in [2.05, 4.69) is 50.4 Å². The SMILES string of the molecule is Cc1cc2oc(C(=O)NCC(c3ccc(C(C)(C)C)cc3)N(C)C)cc(=O)c2cc1Cl.Cl. The fourth-order valence-electron chi connectivity index (χ4n) is 3.47. The first-order chi connectivity index (χ1) is 14.5. The number of amides is 1. The fraction of sp³-hybridized carbons (Fsp3) is 0.360. The minimum atomic E-state index is -0.426. The lowest BCUT2D eigenvalue weighted by Gasteiger charge is -2.26. The Balaban J connectivity index is 0.00000363. The number of hydrogen-bond acceptors (Lipinski definition) is 4. The van der Waals surface area contributed by atoms with Crippen LogP contribution >= 0.6 is 24.0 Å². The molecule has 0 spiro atoms. The lowest BCUT2D eigenvalue weighted by Crippen LogP contribution is -2.34. The molecule has 7 heteroatoms. The topological polar surface area (TPSA) is 62.6 Å². The van der Waals surface area contributed by atoms with Crippen molar-refractivity contribution in [3.63, 3.8) is 0 Å². The van der Waals surface area contributed by atoms with Crippen LogP contribution in [0.15, 0.2) is 51.7 Å². The van der Waals surface area contributed by atoms with Gasteiger partial charge in [-0.3, -0.25) is 9.59 Å². The molecule has 3 rings (SSSR count). The van der Waals surface area contributed by atoms with Gasteiger partial charge in [0.2, 0.25) is 0 Å². The Morgan fingerprint density at radius 1 is 1.12 bits per heavy atom. The summed E-state index contributed by atoms with van der Waals surface area (Å²) in [4.78, 5) is 27.2. The predicted octanol–water partition coefficient (Wildman–Crippen LogP) is 5.51. The van der Waals surface area contributed by atoms with Gasteiger partial charge < -0.3 is 14.6 Å². The summed E-state index contributed by atoms with van der Waals surface area (Å²) in [7, 11) is 3.94. The molecule has 2 aromatic carbocycles. The van der Waals surface area contributed by atoms with Gasteiger partial charge in [-0.15, -0.1) is 12.4 Å². The van der Waals surface area contributed by atoms with Crippen molar-refractivity contribution in [2.45, 2.75) is 39.2 Å². The molecular formula is C25H30Cl2N2O3. The Kier molecular flexibility index (Phi) is 8.16. The summed E-state index contributed by atoms with van der Waals surface area (Å²) in [6, 6.07) is 12.9. The van der Waals surface area contributed by atoms with Gasteiger partial charge in [0.1, 0.15) is 5.58 Å². The van der Waals surface area contributed by atoms with Gasteiger partial charge in [0.15, 0.2) is 11.2 Å². The minimum Gasteiger partial charge on any atom is -0.451 e. The van der Waals surface area contributed by atoms with Gasteiger partial charge in [-0.25, -0.2) is 0 Å². The maximum atomic E-state index is 12.7. The summed E-state index contributed by atoms with van der Waals surface area (Å²) in [6.45, 7) is 8.73. The highest BCUT2D eigenvalue weighted by Gasteiger charge is 2.20. The molecular weight excluding hydrogens is 447 g/mol. The van der Waals surface area contributed by atoms with Gasteiger partial charge in [-0.05, 0) is 55.3 Å². The monoisotopic (exact) mass is 476 g/mol. The molecule has 0 bridgehead atoms. The highest BCUT2D eigenvalue weighted by molar-refractivity contribution is 6.32. The molecule has 5 nitrogen and oxygen atoms in total. The van der Waals surface area contributed by atoms with E-state index in [1.165, 1.54) is 11.6 Å². The highest BCUT2D eigenvalue weighted by Crippen LogP contribution is 2.26. The number of halogens is 2. The zero-order valence-electron chi connectivity index (χ0n) is 19.3. The van der Waals surface area contributed by atoms with Crippen molar-refractivity contribution in [1.82, 2.24) is 10.2 Å². The lowest BCUT2D eigenvalue weighted by molar-refractivity contribution is 0.0914. The largest absolute Gasteiger partial charge is 0.451 e. The number of benzene rings is 2. The van der Waals surface area contributed by atoms with Gasteiger partial charge in [0.25, 0.3) is 5.91 Å². The summed E-state index contributed by atoms with van der Waals surface area (Å²) in [6.07, 6.45) is 0. The van der Waals surface area contributed by atoms with Gasteiger partial charge in [-0.2, -0.15) is 0 Å². The van der Waals surface area contributed by atoms with Crippen LogP contribution < -0.4 is 10.7 Å². The number of likely N-dealkylation sites (N-methyl/N-ethyl adjacent to an activating group) is 1. The molecule has 0 aliphatic rings. The number of rotatable bonds is 5. The van der Waals surface area contributed by atoms with Gasteiger partial charge in [-0.1, -0.05) is 56.6 Å². The fourth-order valence-corrected chi connectivity index (χ4v) is 3.63. The van der Waals surface area contributed by atoms with Crippen molar-refractivity contribution in [2.24, 2.45) is 0 Å². The number of aryl methyl sites for hydroxylation is 1. The predicted molar refractivity (Wildman–Crippen MR) is 133 cm³/mol. The molecule has 3 aromatic rings. The van der Waals surface area contributed by atoms with Crippen LogP contribution in [0.2, 0.25) is 5.02 Å². The van der Waals surface area contributed by atoms with Gasteiger partial charge in [0.05, 0.1) is 11.4 Å². The molecule has 1 aromatic heterocycles. The highest BCUT2D eigenvalue weighted by atomic mass is 35.5. The molecule has 1 atom stereocenters. The van der Waals surface area contributed by atoms with Gasteiger partial charge in [0, 0.05) is 17.6 Å².